The summed E-state index contributed by atoms with van der Waals surface area (Å²) >= 11 is 0. The van der Waals surface area contributed by atoms with Crippen LogP contribution in [0.2, 0.25) is 0 Å². The Kier molecular flexibility index (Phi) is 4.72. The number of ether oxygens (including phenoxy) is 1. The normalized spacial score (nSPS) is 10.2. The molecule has 2 N–H and O–H groups in total. The van der Waals surface area contributed by atoms with Crippen LogP contribution in [0.15, 0.2) is 77.7 Å². The fraction of sp³-hybridized carbons (Fsp3) is 0.0526. The van der Waals surface area contributed by atoms with E-state index in [2.05, 4.69) is 10.3 Å². The van der Waals surface area contributed by atoms with Crippen LogP contribution in [0.25, 0.3) is 0 Å². The molecule has 0 aliphatic heterocycles. The molecular weight excluding hydrogens is 304 g/mol. The van der Waals surface area contributed by atoms with Crippen molar-refractivity contribution in [2.75, 3.05) is 5.32 Å². The maximum Gasteiger partial charge on any atom is 0.255 e. The average Bonchev–Trinajstić information content (AvgIpc) is 2.62. The molecule has 0 bridgehead atoms. The van der Waals surface area contributed by atoms with E-state index < -0.39 is 0 Å². The maximum atomic E-state index is 12.3. The summed E-state index contributed by atoms with van der Waals surface area (Å²) in [5, 5.41) is 2.82. The lowest BCUT2D eigenvalue weighted by molar-refractivity contribution is 0.102. The number of nitrogens with one attached hydrogen (secondary N) is 2. The summed E-state index contributed by atoms with van der Waals surface area (Å²) in [5.41, 5.74) is 1.49. The number of rotatable bonds is 5. The van der Waals surface area contributed by atoms with E-state index in [9.17, 15) is 9.59 Å². The van der Waals surface area contributed by atoms with E-state index in [-0.39, 0.29) is 11.5 Å². The smallest absolute Gasteiger partial charge is 0.255 e. The van der Waals surface area contributed by atoms with Crippen LogP contribution in [-0.4, -0.2) is 10.9 Å². The third-order valence-corrected chi connectivity index (χ3v) is 3.44. The molecule has 0 aliphatic carbocycles. The summed E-state index contributed by atoms with van der Waals surface area (Å²) in [7, 11) is 0. The number of carbonyl (C=O) groups is 1. The third-order valence-electron chi connectivity index (χ3n) is 3.44. The van der Waals surface area contributed by atoms with E-state index in [0.29, 0.717) is 17.9 Å². The molecule has 0 saturated heterocycles. The topological polar surface area (TPSA) is 71.2 Å². The number of para-hydroxylation sites is 2. The molecule has 1 amide bonds. The molecule has 0 aliphatic rings. The van der Waals surface area contributed by atoms with Crippen molar-refractivity contribution >= 4 is 11.6 Å². The molecule has 0 saturated carbocycles. The van der Waals surface area contributed by atoms with Crippen molar-refractivity contribution in [3.63, 3.8) is 0 Å². The van der Waals surface area contributed by atoms with Gasteiger partial charge in [-0.1, -0.05) is 36.4 Å². The van der Waals surface area contributed by atoms with Gasteiger partial charge in [0.2, 0.25) is 5.56 Å². The molecule has 0 fully saturated rings. The number of hydrogen-bond acceptors (Lipinski definition) is 3. The molecule has 0 atom stereocenters. The lowest BCUT2D eigenvalue weighted by atomic mass is 10.1. The molecule has 0 spiro atoms. The minimum Gasteiger partial charge on any atom is -0.489 e. The van der Waals surface area contributed by atoms with Gasteiger partial charge in [-0.2, -0.15) is 0 Å². The van der Waals surface area contributed by atoms with Crippen molar-refractivity contribution in [2.24, 2.45) is 0 Å². The maximum absolute atomic E-state index is 12.3. The highest BCUT2D eigenvalue weighted by atomic mass is 16.5. The van der Waals surface area contributed by atoms with Gasteiger partial charge in [-0.15, -0.1) is 0 Å². The van der Waals surface area contributed by atoms with Crippen LogP contribution in [-0.2, 0) is 6.61 Å². The van der Waals surface area contributed by atoms with Gasteiger partial charge in [0.05, 0.1) is 0 Å². The first-order valence-electron chi connectivity index (χ1n) is 7.48. The van der Waals surface area contributed by atoms with Gasteiger partial charge in [0.15, 0.2) is 0 Å². The summed E-state index contributed by atoms with van der Waals surface area (Å²) in [6, 6.07) is 19.7. The van der Waals surface area contributed by atoms with Gasteiger partial charge in [0, 0.05) is 29.1 Å². The number of anilines is 1. The summed E-state index contributed by atoms with van der Waals surface area (Å²) in [4.78, 5) is 26.1. The van der Waals surface area contributed by atoms with Gasteiger partial charge >= 0.3 is 0 Å². The summed E-state index contributed by atoms with van der Waals surface area (Å²) in [6.45, 7) is 0.329. The Balaban J connectivity index is 1.74. The molecule has 24 heavy (non-hydrogen) atoms. The van der Waals surface area contributed by atoms with Crippen molar-refractivity contribution < 1.29 is 9.53 Å². The fourth-order valence-electron chi connectivity index (χ4n) is 2.23. The Labute approximate surface area is 138 Å². The minimum absolute atomic E-state index is 0.303. The highest BCUT2D eigenvalue weighted by Gasteiger charge is 2.09. The first-order valence-corrected chi connectivity index (χ1v) is 7.48. The molecule has 5 nitrogen and oxygen atoms in total. The summed E-state index contributed by atoms with van der Waals surface area (Å²) in [6.07, 6.45) is 1.45. The SMILES string of the molecule is O=C(Nc1ccccc1COc1ccccc1)c1cc[nH]c(=O)c1. The molecule has 2 aromatic carbocycles. The van der Waals surface area contributed by atoms with Crippen LogP contribution in [0.1, 0.15) is 15.9 Å². The number of H-pyrrole nitrogens is 1. The number of pyridine rings is 1. The molecule has 0 unspecified atom stereocenters. The Bertz CT molecular complexity index is 888. The predicted octanol–water partition coefficient (Wildman–Crippen LogP) is 3.21. The van der Waals surface area contributed by atoms with Crippen molar-refractivity contribution in [2.45, 2.75) is 6.61 Å². The summed E-state index contributed by atoms with van der Waals surface area (Å²) in [5.74, 6) is 0.418. The van der Waals surface area contributed by atoms with Gasteiger partial charge in [-0.3, -0.25) is 9.59 Å². The molecule has 5 heteroatoms. The molecule has 120 valence electrons. The van der Waals surface area contributed by atoms with E-state index >= 15 is 0 Å². The zero-order valence-electron chi connectivity index (χ0n) is 12.9. The van der Waals surface area contributed by atoms with Crippen molar-refractivity contribution in [1.29, 1.82) is 0 Å². The lowest BCUT2D eigenvalue weighted by Crippen LogP contribution is -2.16. The molecule has 0 radical (unpaired) electrons. The monoisotopic (exact) mass is 320 g/mol. The van der Waals surface area contributed by atoms with Crippen LogP contribution in [0.5, 0.6) is 5.75 Å². The van der Waals surface area contributed by atoms with E-state index in [4.69, 9.17) is 4.74 Å². The second-order valence-electron chi connectivity index (χ2n) is 5.15. The number of benzene rings is 2. The highest BCUT2D eigenvalue weighted by Crippen LogP contribution is 2.19. The largest absolute Gasteiger partial charge is 0.489 e. The standard InChI is InChI=1S/C19H16N2O3/c22-18-12-14(10-11-20-18)19(23)21-17-9-5-4-6-15(17)13-24-16-7-2-1-3-8-16/h1-12H,13H2,(H,20,22)(H,21,23). The Morgan fingerprint density at radius 3 is 2.54 bits per heavy atom. The van der Waals surface area contributed by atoms with E-state index in [1.165, 1.54) is 12.3 Å². The predicted molar refractivity (Wildman–Crippen MR) is 92.2 cm³/mol. The van der Waals surface area contributed by atoms with E-state index in [1.807, 2.05) is 48.5 Å². The van der Waals surface area contributed by atoms with E-state index in [0.717, 1.165) is 11.3 Å². The lowest BCUT2D eigenvalue weighted by Gasteiger charge is -2.12. The van der Waals surface area contributed by atoms with Crippen LogP contribution >= 0.6 is 0 Å². The fourth-order valence-corrected chi connectivity index (χ4v) is 2.23. The van der Waals surface area contributed by atoms with Crippen molar-refractivity contribution in [1.82, 2.24) is 4.98 Å². The first-order chi connectivity index (χ1) is 11.7. The second kappa shape index (κ2) is 7.28. The number of aromatic amines is 1. The average molecular weight is 320 g/mol. The molecule has 1 heterocycles. The number of aromatic nitrogens is 1. The third kappa shape index (κ3) is 3.89. The quantitative estimate of drug-likeness (QED) is 0.758. The Morgan fingerprint density at radius 1 is 1.00 bits per heavy atom. The molecule has 3 aromatic rings. The van der Waals surface area contributed by atoms with Crippen LogP contribution < -0.4 is 15.6 Å². The van der Waals surface area contributed by atoms with Crippen LogP contribution in [0.3, 0.4) is 0 Å². The van der Waals surface area contributed by atoms with Gasteiger partial charge in [-0.25, -0.2) is 0 Å². The first kappa shape index (κ1) is 15.6. The van der Waals surface area contributed by atoms with Gasteiger partial charge < -0.3 is 15.0 Å². The highest BCUT2D eigenvalue weighted by molar-refractivity contribution is 6.04. The van der Waals surface area contributed by atoms with Gasteiger partial charge in [-0.05, 0) is 24.3 Å². The Hall–Kier alpha value is -3.34. The van der Waals surface area contributed by atoms with Gasteiger partial charge in [0.25, 0.3) is 5.91 Å². The number of carbonyl (C=O) groups excluding carboxylic acids is 1. The van der Waals surface area contributed by atoms with Crippen LogP contribution in [0.4, 0.5) is 5.69 Å². The summed E-state index contributed by atoms with van der Waals surface area (Å²) < 4.78 is 5.73. The van der Waals surface area contributed by atoms with E-state index in [1.54, 1.807) is 12.1 Å². The minimum atomic E-state index is -0.340. The Morgan fingerprint density at radius 2 is 1.75 bits per heavy atom. The molecule has 1 aromatic heterocycles. The number of amides is 1. The number of hydrogen-bond donors (Lipinski definition) is 2. The molecular formula is C19H16N2O3. The van der Waals surface area contributed by atoms with Crippen LogP contribution in [0, 0.1) is 0 Å². The zero-order valence-corrected chi connectivity index (χ0v) is 12.9. The second-order valence-corrected chi connectivity index (χ2v) is 5.15. The zero-order chi connectivity index (χ0) is 16.8. The van der Waals surface area contributed by atoms with Crippen molar-refractivity contribution in [3.05, 3.63) is 94.4 Å². The van der Waals surface area contributed by atoms with Crippen molar-refractivity contribution in [3.8, 4) is 5.75 Å². The molecule has 3 rings (SSSR count). The van der Waals surface area contributed by atoms with Gasteiger partial charge in [0.1, 0.15) is 12.4 Å².